The number of rotatable bonds is 2. The standard InChI is InChI=1S/C12H15N5O/c1-16-11-10(5-15-16)12(14-8-13-11)17-4-2-3-9(6-17)7-18/h5,7-9H,2-4,6H2,1H3. The highest BCUT2D eigenvalue weighted by Gasteiger charge is 2.22. The van der Waals surface area contributed by atoms with E-state index in [4.69, 9.17) is 0 Å². The van der Waals surface area contributed by atoms with Crippen LogP contribution in [0.2, 0.25) is 0 Å². The van der Waals surface area contributed by atoms with Crippen molar-refractivity contribution in [2.24, 2.45) is 13.0 Å². The van der Waals surface area contributed by atoms with Gasteiger partial charge in [-0.05, 0) is 12.8 Å². The number of piperidine rings is 1. The molecule has 0 amide bonds. The molecule has 1 unspecified atom stereocenters. The van der Waals surface area contributed by atoms with Gasteiger partial charge >= 0.3 is 0 Å². The number of aromatic nitrogens is 4. The van der Waals surface area contributed by atoms with Gasteiger partial charge in [-0.15, -0.1) is 0 Å². The average molecular weight is 245 g/mol. The maximum absolute atomic E-state index is 10.9. The van der Waals surface area contributed by atoms with Crippen molar-refractivity contribution in [3.8, 4) is 0 Å². The van der Waals surface area contributed by atoms with Crippen LogP contribution < -0.4 is 4.90 Å². The topological polar surface area (TPSA) is 63.9 Å². The summed E-state index contributed by atoms with van der Waals surface area (Å²) in [6, 6.07) is 0. The third-order valence-electron chi connectivity index (χ3n) is 3.46. The summed E-state index contributed by atoms with van der Waals surface area (Å²) < 4.78 is 1.74. The van der Waals surface area contributed by atoms with E-state index in [-0.39, 0.29) is 5.92 Å². The van der Waals surface area contributed by atoms with Crippen LogP contribution in [0, 0.1) is 5.92 Å². The van der Waals surface area contributed by atoms with Crippen LogP contribution in [0.3, 0.4) is 0 Å². The molecule has 6 heteroatoms. The van der Waals surface area contributed by atoms with Crippen LogP contribution in [0.5, 0.6) is 0 Å². The molecule has 0 aliphatic carbocycles. The van der Waals surface area contributed by atoms with Gasteiger partial charge in [0, 0.05) is 26.1 Å². The van der Waals surface area contributed by atoms with Gasteiger partial charge in [-0.2, -0.15) is 5.10 Å². The molecule has 1 aliphatic heterocycles. The highest BCUT2D eigenvalue weighted by Crippen LogP contribution is 2.26. The molecule has 1 aliphatic rings. The molecule has 0 N–H and O–H groups in total. The van der Waals surface area contributed by atoms with Crippen molar-refractivity contribution in [2.75, 3.05) is 18.0 Å². The fraction of sp³-hybridized carbons (Fsp3) is 0.500. The van der Waals surface area contributed by atoms with Crippen LogP contribution in [0.4, 0.5) is 5.82 Å². The minimum Gasteiger partial charge on any atom is -0.355 e. The van der Waals surface area contributed by atoms with E-state index >= 15 is 0 Å². The Labute approximate surface area is 105 Å². The predicted molar refractivity (Wildman–Crippen MR) is 67.3 cm³/mol. The summed E-state index contributed by atoms with van der Waals surface area (Å²) in [7, 11) is 1.86. The SMILES string of the molecule is Cn1ncc2c(N3CCCC(C=O)C3)ncnc21. The first-order valence-corrected chi connectivity index (χ1v) is 6.12. The van der Waals surface area contributed by atoms with E-state index in [1.165, 1.54) is 0 Å². The molecule has 1 fully saturated rings. The molecule has 0 saturated carbocycles. The maximum Gasteiger partial charge on any atom is 0.163 e. The first kappa shape index (κ1) is 11.1. The Balaban J connectivity index is 2.00. The second-order valence-corrected chi connectivity index (χ2v) is 4.69. The molecular weight excluding hydrogens is 230 g/mol. The molecule has 1 atom stereocenters. The number of nitrogens with zero attached hydrogens (tertiary/aromatic N) is 5. The van der Waals surface area contributed by atoms with Gasteiger partial charge in [-0.1, -0.05) is 0 Å². The molecule has 3 heterocycles. The molecule has 94 valence electrons. The Bertz CT molecular complexity index is 579. The molecule has 0 spiro atoms. The third-order valence-corrected chi connectivity index (χ3v) is 3.46. The van der Waals surface area contributed by atoms with Gasteiger partial charge in [0.05, 0.1) is 11.6 Å². The molecule has 3 rings (SSSR count). The first-order chi connectivity index (χ1) is 8.79. The number of hydrogen-bond acceptors (Lipinski definition) is 5. The number of carbonyl (C=O) groups excluding carboxylic acids is 1. The Morgan fingerprint density at radius 3 is 3.17 bits per heavy atom. The summed E-state index contributed by atoms with van der Waals surface area (Å²) >= 11 is 0. The van der Waals surface area contributed by atoms with Crippen molar-refractivity contribution < 1.29 is 4.79 Å². The molecule has 18 heavy (non-hydrogen) atoms. The van der Waals surface area contributed by atoms with Gasteiger partial charge in [0.25, 0.3) is 0 Å². The lowest BCUT2D eigenvalue weighted by Gasteiger charge is -2.31. The minimum absolute atomic E-state index is 0.112. The van der Waals surface area contributed by atoms with E-state index in [1.54, 1.807) is 17.2 Å². The number of aldehydes is 1. The maximum atomic E-state index is 10.9. The highest BCUT2D eigenvalue weighted by atomic mass is 16.1. The van der Waals surface area contributed by atoms with Gasteiger partial charge in [0.1, 0.15) is 18.4 Å². The summed E-state index contributed by atoms with van der Waals surface area (Å²) in [5, 5.41) is 5.16. The summed E-state index contributed by atoms with van der Waals surface area (Å²) in [5.41, 5.74) is 0.827. The largest absolute Gasteiger partial charge is 0.355 e. The molecule has 2 aromatic rings. The Kier molecular flexibility index (Phi) is 2.70. The summed E-state index contributed by atoms with van der Waals surface area (Å²) in [5.74, 6) is 1.00. The second-order valence-electron chi connectivity index (χ2n) is 4.69. The Morgan fingerprint density at radius 2 is 2.33 bits per heavy atom. The van der Waals surface area contributed by atoms with Crippen LogP contribution in [-0.4, -0.2) is 39.1 Å². The number of aryl methyl sites for hydroxylation is 1. The third kappa shape index (κ3) is 1.73. The van der Waals surface area contributed by atoms with Crippen molar-refractivity contribution in [1.29, 1.82) is 0 Å². The second kappa shape index (κ2) is 4.36. The normalized spacial score (nSPS) is 20.3. The van der Waals surface area contributed by atoms with Gasteiger partial charge < -0.3 is 9.69 Å². The first-order valence-electron chi connectivity index (χ1n) is 6.12. The molecule has 0 radical (unpaired) electrons. The van der Waals surface area contributed by atoms with Gasteiger partial charge in [-0.25, -0.2) is 9.97 Å². The van der Waals surface area contributed by atoms with Crippen molar-refractivity contribution in [3.63, 3.8) is 0 Å². The number of anilines is 1. The van der Waals surface area contributed by atoms with E-state index in [2.05, 4.69) is 20.0 Å². The number of carbonyl (C=O) groups is 1. The van der Waals surface area contributed by atoms with E-state index in [9.17, 15) is 4.79 Å². The van der Waals surface area contributed by atoms with E-state index in [0.717, 1.165) is 49.1 Å². The van der Waals surface area contributed by atoms with Crippen molar-refractivity contribution >= 4 is 23.1 Å². The lowest BCUT2D eigenvalue weighted by Crippen LogP contribution is -2.36. The van der Waals surface area contributed by atoms with Crippen LogP contribution in [0.1, 0.15) is 12.8 Å². The van der Waals surface area contributed by atoms with Crippen LogP contribution in [-0.2, 0) is 11.8 Å². The van der Waals surface area contributed by atoms with Gasteiger partial charge in [0.2, 0.25) is 0 Å². The lowest BCUT2D eigenvalue weighted by atomic mass is 10.00. The van der Waals surface area contributed by atoms with Crippen LogP contribution in [0.15, 0.2) is 12.5 Å². The Hall–Kier alpha value is -1.98. The van der Waals surface area contributed by atoms with Crippen molar-refractivity contribution in [3.05, 3.63) is 12.5 Å². The van der Waals surface area contributed by atoms with Crippen molar-refractivity contribution in [2.45, 2.75) is 12.8 Å². The zero-order valence-electron chi connectivity index (χ0n) is 10.3. The molecule has 6 nitrogen and oxygen atoms in total. The average Bonchev–Trinajstić information content (AvgIpc) is 2.81. The summed E-state index contributed by atoms with van der Waals surface area (Å²) in [6.07, 6.45) is 6.39. The zero-order chi connectivity index (χ0) is 12.5. The van der Waals surface area contributed by atoms with E-state index < -0.39 is 0 Å². The Morgan fingerprint density at radius 1 is 1.44 bits per heavy atom. The van der Waals surface area contributed by atoms with E-state index in [1.807, 2.05) is 7.05 Å². The fourth-order valence-corrected chi connectivity index (χ4v) is 2.52. The van der Waals surface area contributed by atoms with Gasteiger partial charge in [0.15, 0.2) is 5.65 Å². The lowest BCUT2D eigenvalue weighted by molar-refractivity contribution is -0.111. The highest BCUT2D eigenvalue weighted by molar-refractivity contribution is 5.86. The smallest absolute Gasteiger partial charge is 0.163 e. The number of fused-ring (bicyclic) bond motifs is 1. The van der Waals surface area contributed by atoms with Crippen molar-refractivity contribution in [1.82, 2.24) is 19.7 Å². The fourth-order valence-electron chi connectivity index (χ4n) is 2.52. The van der Waals surface area contributed by atoms with Crippen LogP contribution in [0.25, 0.3) is 11.0 Å². The molecule has 2 aromatic heterocycles. The molecule has 0 aromatic carbocycles. The molecular formula is C12H15N5O. The number of hydrogen-bond donors (Lipinski definition) is 0. The quantitative estimate of drug-likeness (QED) is 0.731. The summed E-state index contributed by atoms with van der Waals surface area (Å²) in [4.78, 5) is 21.7. The molecule has 1 saturated heterocycles. The van der Waals surface area contributed by atoms with Gasteiger partial charge in [-0.3, -0.25) is 4.68 Å². The molecule has 0 bridgehead atoms. The zero-order valence-corrected chi connectivity index (χ0v) is 10.3. The predicted octanol–water partition coefficient (Wildman–Crippen LogP) is 0.779. The monoisotopic (exact) mass is 245 g/mol. The van der Waals surface area contributed by atoms with Crippen LogP contribution >= 0.6 is 0 Å². The summed E-state index contributed by atoms with van der Waals surface area (Å²) in [6.45, 7) is 1.68. The minimum atomic E-state index is 0.112. The van der Waals surface area contributed by atoms with E-state index in [0.29, 0.717) is 0 Å².